The Hall–Kier alpha value is -1.34. The fraction of sp³-hybridized carbons (Fsp3) is 0.167. The quantitative estimate of drug-likeness (QED) is 0.701. The maximum Gasteiger partial charge on any atom is 0.0272 e. The minimum absolute atomic E-state index is 0.103. The van der Waals surface area contributed by atoms with Gasteiger partial charge in [0.05, 0.1) is 0 Å². The van der Waals surface area contributed by atoms with E-state index in [-0.39, 0.29) is 6.04 Å². The summed E-state index contributed by atoms with van der Waals surface area (Å²) in [5.41, 5.74) is 7.10. The van der Waals surface area contributed by atoms with E-state index in [1.54, 1.807) is 0 Å². The van der Waals surface area contributed by atoms with E-state index in [1.807, 2.05) is 19.1 Å². The fourth-order valence-electron chi connectivity index (χ4n) is 1.65. The van der Waals surface area contributed by atoms with Gasteiger partial charge < -0.3 is 5.73 Å². The van der Waals surface area contributed by atoms with Gasteiger partial charge in [0.1, 0.15) is 0 Å². The van der Waals surface area contributed by atoms with Gasteiger partial charge in [-0.25, -0.2) is 0 Å². The third kappa shape index (κ3) is 1.43. The summed E-state index contributed by atoms with van der Waals surface area (Å²) in [7, 11) is 0. The zero-order valence-electron chi connectivity index (χ0n) is 7.70. The molecule has 0 aliphatic rings. The van der Waals surface area contributed by atoms with Crippen LogP contribution < -0.4 is 5.73 Å². The lowest BCUT2D eigenvalue weighted by Crippen LogP contribution is -2.05. The number of hydrogen-bond donors (Lipinski definition) is 1. The average molecular weight is 171 g/mol. The van der Waals surface area contributed by atoms with Gasteiger partial charge in [0.25, 0.3) is 0 Å². The van der Waals surface area contributed by atoms with Crippen LogP contribution in [0.1, 0.15) is 18.5 Å². The molecule has 1 nitrogen and oxygen atoms in total. The number of benzene rings is 2. The fourth-order valence-corrected chi connectivity index (χ4v) is 1.65. The van der Waals surface area contributed by atoms with Crippen LogP contribution in [0.5, 0.6) is 0 Å². The summed E-state index contributed by atoms with van der Waals surface area (Å²) in [4.78, 5) is 0. The van der Waals surface area contributed by atoms with Crippen molar-refractivity contribution in [2.75, 3.05) is 0 Å². The molecule has 2 N–H and O–H groups in total. The van der Waals surface area contributed by atoms with Crippen molar-refractivity contribution < 1.29 is 0 Å². The Morgan fingerprint density at radius 2 is 1.69 bits per heavy atom. The molecule has 66 valence electrons. The highest BCUT2D eigenvalue weighted by Gasteiger charge is 2.02. The molecule has 0 fully saturated rings. The first-order valence-corrected chi connectivity index (χ1v) is 4.52. The summed E-state index contributed by atoms with van der Waals surface area (Å²) < 4.78 is 0. The molecule has 0 aliphatic heterocycles. The molecule has 2 rings (SSSR count). The molecule has 0 unspecified atom stereocenters. The first-order chi connectivity index (χ1) is 6.29. The SMILES string of the molecule is C[C@H](N)c1cccc2ccccc12. The van der Waals surface area contributed by atoms with E-state index in [9.17, 15) is 0 Å². The summed E-state index contributed by atoms with van der Waals surface area (Å²) in [5.74, 6) is 0. The van der Waals surface area contributed by atoms with Gasteiger partial charge in [0.2, 0.25) is 0 Å². The predicted molar refractivity (Wildman–Crippen MR) is 56.6 cm³/mol. The van der Waals surface area contributed by atoms with Gasteiger partial charge in [-0.05, 0) is 23.3 Å². The van der Waals surface area contributed by atoms with Crippen molar-refractivity contribution in [2.24, 2.45) is 5.73 Å². The van der Waals surface area contributed by atoms with Gasteiger partial charge in [0, 0.05) is 6.04 Å². The third-order valence-corrected chi connectivity index (χ3v) is 2.31. The van der Waals surface area contributed by atoms with E-state index in [0.29, 0.717) is 0 Å². The smallest absolute Gasteiger partial charge is 0.0272 e. The standard InChI is InChI=1S/C12H13N/c1-9(13)11-8-4-6-10-5-2-3-7-12(10)11/h2-9H,13H2,1H3/t9-/m0/s1. The summed E-state index contributed by atoms with van der Waals surface area (Å²) >= 11 is 0. The molecule has 1 heteroatoms. The molecule has 0 saturated heterocycles. The molecule has 0 aliphatic carbocycles. The minimum atomic E-state index is 0.103. The molecule has 2 aromatic rings. The Balaban J connectivity index is 2.76. The molecular weight excluding hydrogens is 158 g/mol. The normalized spacial score (nSPS) is 13.1. The molecule has 0 aromatic heterocycles. The van der Waals surface area contributed by atoms with E-state index < -0.39 is 0 Å². The molecule has 13 heavy (non-hydrogen) atoms. The number of fused-ring (bicyclic) bond motifs is 1. The highest BCUT2D eigenvalue weighted by molar-refractivity contribution is 5.85. The lowest BCUT2D eigenvalue weighted by Gasteiger charge is -2.09. The number of rotatable bonds is 1. The second-order valence-corrected chi connectivity index (χ2v) is 3.36. The van der Waals surface area contributed by atoms with Crippen LogP contribution in [-0.2, 0) is 0 Å². The highest BCUT2D eigenvalue weighted by atomic mass is 14.6. The van der Waals surface area contributed by atoms with Crippen molar-refractivity contribution in [1.29, 1.82) is 0 Å². The van der Waals surface area contributed by atoms with E-state index in [0.717, 1.165) is 0 Å². The average Bonchev–Trinajstić information content (AvgIpc) is 2.17. The van der Waals surface area contributed by atoms with Crippen molar-refractivity contribution >= 4 is 10.8 Å². The molecular formula is C12H13N. The van der Waals surface area contributed by atoms with Gasteiger partial charge in [-0.15, -0.1) is 0 Å². The van der Waals surface area contributed by atoms with Crippen LogP contribution in [0, 0.1) is 0 Å². The maximum atomic E-state index is 5.88. The molecule has 0 amide bonds. The first kappa shape index (κ1) is 8.27. The second-order valence-electron chi connectivity index (χ2n) is 3.36. The van der Waals surface area contributed by atoms with E-state index >= 15 is 0 Å². The Bertz CT molecular complexity index is 413. The van der Waals surface area contributed by atoms with E-state index in [2.05, 4.69) is 30.3 Å². The van der Waals surface area contributed by atoms with Crippen LogP contribution in [0.2, 0.25) is 0 Å². The van der Waals surface area contributed by atoms with Crippen LogP contribution >= 0.6 is 0 Å². The minimum Gasteiger partial charge on any atom is -0.324 e. The zero-order valence-corrected chi connectivity index (χ0v) is 7.70. The third-order valence-electron chi connectivity index (χ3n) is 2.31. The zero-order chi connectivity index (χ0) is 9.26. The topological polar surface area (TPSA) is 26.0 Å². The van der Waals surface area contributed by atoms with Crippen LogP contribution in [0.15, 0.2) is 42.5 Å². The molecule has 0 radical (unpaired) electrons. The summed E-state index contributed by atoms with van der Waals surface area (Å²) in [6, 6.07) is 14.7. The van der Waals surface area contributed by atoms with Crippen LogP contribution in [0.3, 0.4) is 0 Å². The van der Waals surface area contributed by atoms with Crippen LogP contribution in [-0.4, -0.2) is 0 Å². The van der Waals surface area contributed by atoms with Gasteiger partial charge in [-0.3, -0.25) is 0 Å². The van der Waals surface area contributed by atoms with Crippen molar-refractivity contribution in [3.63, 3.8) is 0 Å². The lowest BCUT2D eigenvalue weighted by atomic mass is 10.0. The summed E-state index contributed by atoms with van der Waals surface area (Å²) in [6.07, 6.45) is 0. The predicted octanol–water partition coefficient (Wildman–Crippen LogP) is 2.86. The van der Waals surface area contributed by atoms with Crippen molar-refractivity contribution in [2.45, 2.75) is 13.0 Å². The molecule has 2 aromatic carbocycles. The van der Waals surface area contributed by atoms with Crippen LogP contribution in [0.25, 0.3) is 10.8 Å². The first-order valence-electron chi connectivity index (χ1n) is 4.52. The van der Waals surface area contributed by atoms with Crippen LogP contribution in [0.4, 0.5) is 0 Å². The van der Waals surface area contributed by atoms with Crippen molar-refractivity contribution in [1.82, 2.24) is 0 Å². The van der Waals surface area contributed by atoms with Gasteiger partial charge in [0.15, 0.2) is 0 Å². The van der Waals surface area contributed by atoms with E-state index in [4.69, 9.17) is 5.73 Å². The summed E-state index contributed by atoms with van der Waals surface area (Å²) in [5, 5.41) is 2.53. The monoisotopic (exact) mass is 171 g/mol. The molecule has 0 saturated carbocycles. The van der Waals surface area contributed by atoms with Crippen molar-refractivity contribution in [3.8, 4) is 0 Å². The Labute approximate surface area is 78.2 Å². The van der Waals surface area contributed by atoms with Gasteiger partial charge >= 0.3 is 0 Å². The van der Waals surface area contributed by atoms with Gasteiger partial charge in [-0.2, -0.15) is 0 Å². The Kier molecular flexibility index (Phi) is 2.03. The van der Waals surface area contributed by atoms with Gasteiger partial charge in [-0.1, -0.05) is 42.5 Å². The molecule has 1 atom stereocenters. The highest BCUT2D eigenvalue weighted by Crippen LogP contribution is 2.22. The van der Waals surface area contributed by atoms with E-state index in [1.165, 1.54) is 16.3 Å². The lowest BCUT2D eigenvalue weighted by molar-refractivity contribution is 0.827. The second kappa shape index (κ2) is 3.19. The molecule has 0 spiro atoms. The molecule has 0 heterocycles. The summed E-state index contributed by atoms with van der Waals surface area (Å²) in [6.45, 7) is 2.02. The Morgan fingerprint density at radius 1 is 1.00 bits per heavy atom. The maximum absolute atomic E-state index is 5.88. The van der Waals surface area contributed by atoms with Crippen molar-refractivity contribution in [3.05, 3.63) is 48.0 Å². The largest absolute Gasteiger partial charge is 0.324 e. The Morgan fingerprint density at radius 3 is 2.46 bits per heavy atom. The number of nitrogens with two attached hydrogens (primary N) is 1. The molecule has 0 bridgehead atoms. The number of hydrogen-bond acceptors (Lipinski definition) is 1.